The van der Waals surface area contributed by atoms with Crippen molar-refractivity contribution in [3.8, 4) is 5.75 Å². The molecule has 0 aromatic heterocycles. The highest BCUT2D eigenvalue weighted by atomic mass is 32.2. The van der Waals surface area contributed by atoms with E-state index in [1.165, 1.54) is 16.7 Å². The predicted octanol–water partition coefficient (Wildman–Crippen LogP) is 6.48. The Morgan fingerprint density at radius 2 is 1.49 bits per heavy atom. The minimum atomic E-state index is -4.25. The van der Waals surface area contributed by atoms with E-state index >= 15 is 0 Å². The highest BCUT2D eigenvalue weighted by molar-refractivity contribution is 7.98. The van der Waals surface area contributed by atoms with E-state index in [2.05, 4.69) is 5.32 Å². The molecular formula is C37H43N3O5S2. The summed E-state index contributed by atoms with van der Waals surface area (Å²) in [5.74, 6) is -0.516. The Bertz CT molecular complexity index is 1730. The molecular weight excluding hydrogens is 631 g/mol. The molecule has 0 heterocycles. The number of thioether (sulfide) groups is 1. The van der Waals surface area contributed by atoms with Gasteiger partial charge in [0.15, 0.2) is 0 Å². The summed E-state index contributed by atoms with van der Waals surface area (Å²) in [6.07, 6.45) is 2.16. The van der Waals surface area contributed by atoms with E-state index in [4.69, 9.17) is 4.74 Å². The van der Waals surface area contributed by atoms with Crippen LogP contribution in [-0.4, -0.2) is 56.6 Å². The van der Waals surface area contributed by atoms with Gasteiger partial charge in [0.25, 0.3) is 10.0 Å². The summed E-state index contributed by atoms with van der Waals surface area (Å²) in [6, 6.07) is 29.5. The predicted molar refractivity (Wildman–Crippen MR) is 189 cm³/mol. The molecule has 0 radical (unpaired) electrons. The Kier molecular flexibility index (Phi) is 12.5. The van der Waals surface area contributed by atoms with Gasteiger partial charge in [-0.05, 0) is 81.5 Å². The Morgan fingerprint density at radius 3 is 2.11 bits per heavy atom. The zero-order valence-corrected chi connectivity index (χ0v) is 29.2. The highest BCUT2D eigenvalue weighted by Crippen LogP contribution is 2.33. The summed E-state index contributed by atoms with van der Waals surface area (Å²) in [6.45, 7) is 7.37. The number of anilines is 1. The Hall–Kier alpha value is -4.28. The molecule has 0 aliphatic heterocycles. The second kappa shape index (κ2) is 16.5. The summed E-state index contributed by atoms with van der Waals surface area (Å²) in [7, 11) is -4.25. The van der Waals surface area contributed by atoms with Gasteiger partial charge >= 0.3 is 0 Å². The van der Waals surface area contributed by atoms with Crippen LogP contribution < -0.4 is 14.4 Å². The van der Waals surface area contributed by atoms with Gasteiger partial charge in [0.1, 0.15) is 18.3 Å². The van der Waals surface area contributed by atoms with Gasteiger partial charge in [0, 0.05) is 23.9 Å². The maximum atomic E-state index is 14.7. The second-order valence-corrected chi connectivity index (χ2v) is 14.2. The first-order chi connectivity index (χ1) is 22.5. The van der Waals surface area contributed by atoms with Crippen molar-refractivity contribution in [1.29, 1.82) is 0 Å². The van der Waals surface area contributed by atoms with E-state index in [1.54, 1.807) is 48.5 Å². The fourth-order valence-corrected chi connectivity index (χ4v) is 6.99. The topological polar surface area (TPSA) is 96.0 Å². The number of para-hydroxylation sites is 2. The maximum Gasteiger partial charge on any atom is 0.264 e. The van der Waals surface area contributed by atoms with Gasteiger partial charge in [-0.25, -0.2) is 8.42 Å². The molecule has 0 aliphatic rings. The summed E-state index contributed by atoms with van der Waals surface area (Å²) in [5, 5.41) is 2.98. The standard InChI is InChI=1S/C37H43N3O5S2/c1-6-45-35-15-11-10-14-33(35)40(47(43,44)32-22-20-31(46-5)21-23-32)26-36(41)39(25-30-18-16-28(4)17-19-30)34(37(42)38-27(2)3)24-29-12-8-7-9-13-29/h7-23,27,34H,6,24-26H2,1-5H3,(H,38,42)/t34-/m0/s1. The molecule has 0 saturated carbocycles. The first kappa shape index (κ1) is 35.6. The molecule has 4 aromatic carbocycles. The molecule has 47 heavy (non-hydrogen) atoms. The highest BCUT2D eigenvalue weighted by Gasteiger charge is 2.35. The third-order valence-corrected chi connectivity index (χ3v) is 10.1. The normalized spacial score (nSPS) is 12.0. The molecule has 248 valence electrons. The maximum absolute atomic E-state index is 14.7. The Balaban J connectivity index is 1.84. The molecule has 0 spiro atoms. The van der Waals surface area contributed by atoms with Crippen LogP contribution in [0, 0.1) is 6.92 Å². The summed E-state index contributed by atoms with van der Waals surface area (Å²) in [4.78, 5) is 31.0. The summed E-state index contributed by atoms with van der Waals surface area (Å²) < 4.78 is 35.7. The number of sulfonamides is 1. The van der Waals surface area contributed by atoms with Crippen LogP contribution in [0.3, 0.4) is 0 Å². The number of aryl methyl sites for hydroxylation is 1. The van der Waals surface area contributed by atoms with Gasteiger partial charge in [0.2, 0.25) is 11.8 Å². The van der Waals surface area contributed by atoms with E-state index < -0.39 is 28.5 Å². The van der Waals surface area contributed by atoms with Crippen molar-refractivity contribution in [2.24, 2.45) is 0 Å². The second-order valence-electron chi connectivity index (χ2n) is 11.5. The van der Waals surface area contributed by atoms with Crippen molar-refractivity contribution < 1.29 is 22.7 Å². The summed E-state index contributed by atoms with van der Waals surface area (Å²) >= 11 is 1.50. The third kappa shape index (κ3) is 9.39. The van der Waals surface area contributed by atoms with Crippen LogP contribution in [0.25, 0.3) is 0 Å². The lowest BCUT2D eigenvalue weighted by Gasteiger charge is -2.34. The number of carbonyl (C=O) groups excluding carboxylic acids is 2. The zero-order chi connectivity index (χ0) is 34.0. The minimum Gasteiger partial charge on any atom is -0.492 e. The molecule has 4 rings (SSSR count). The smallest absolute Gasteiger partial charge is 0.264 e. The van der Waals surface area contributed by atoms with Crippen molar-refractivity contribution >= 4 is 39.3 Å². The molecule has 2 amide bonds. The molecule has 0 fully saturated rings. The molecule has 4 aromatic rings. The van der Waals surface area contributed by atoms with Gasteiger partial charge in [0.05, 0.1) is 17.2 Å². The van der Waals surface area contributed by atoms with Crippen LogP contribution in [0.5, 0.6) is 5.75 Å². The van der Waals surface area contributed by atoms with Gasteiger partial charge in [-0.1, -0.05) is 72.3 Å². The average Bonchev–Trinajstić information content (AvgIpc) is 3.06. The minimum absolute atomic E-state index is 0.0397. The van der Waals surface area contributed by atoms with Crippen LogP contribution >= 0.6 is 11.8 Å². The van der Waals surface area contributed by atoms with Crippen LogP contribution in [-0.2, 0) is 32.6 Å². The van der Waals surface area contributed by atoms with Crippen molar-refractivity contribution in [3.63, 3.8) is 0 Å². The molecule has 0 bridgehead atoms. The average molecular weight is 674 g/mol. The number of nitrogens with zero attached hydrogens (tertiary/aromatic N) is 2. The van der Waals surface area contributed by atoms with Crippen molar-refractivity contribution in [1.82, 2.24) is 10.2 Å². The largest absolute Gasteiger partial charge is 0.492 e. The number of hydrogen-bond donors (Lipinski definition) is 1. The van der Waals surface area contributed by atoms with E-state index in [9.17, 15) is 18.0 Å². The Morgan fingerprint density at radius 1 is 0.851 bits per heavy atom. The Labute approximate surface area is 283 Å². The fourth-order valence-electron chi connectivity index (χ4n) is 5.15. The molecule has 0 unspecified atom stereocenters. The molecule has 0 aliphatic carbocycles. The van der Waals surface area contributed by atoms with E-state index in [1.807, 2.05) is 88.5 Å². The van der Waals surface area contributed by atoms with E-state index in [0.717, 1.165) is 25.9 Å². The number of hydrogen-bond acceptors (Lipinski definition) is 6. The zero-order valence-electron chi connectivity index (χ0n) is 27.6. The number of amides is 2. The van der Waals surface area contributed by atoms with Crippen LogP contribution in [0.2, 0.25) is 0 Å². The monoisotopic (exact) mass is 673 g/mol. The molecule has 1 N–H and O–H groups in total. The summed E-state index contributed by atoms with van der Waals surface area (Å²) in [5.41, 5.74) is 2.98. The number of nitrogens with one attached hydrogen (secondary N) is 1. The van der Waals surface area contributed by atoms with Crippen LogP contribution in [0.1, 0.15) is 37.5 Å². The lowest BCUT2D eigenvalue weighted by Crippen LogP contribution is -2.54. The third-order valence-electron chi connectivity index (χ3n) is 7.54. The molecule has 8 nitrogen and oxygen atoms in total. The van der Waals surface area contributed by atoms with Crippen LogP contribution in [0.15, 0.2) is 113 Å². The van der Waals surface area contributed by atoms with Gasteiger partial charge < -0.3 is 15.0 Å². The number of rotatable bonds is 15. The van der Waals surface area contributed by atoms with E-state index in [0.29, 0.717) is 12.4 Å². The number of carbonyl (C=O) groups is 2. The quantitative estimate of drug-likeness (QED) is 0.145. The molecule has 10 heteroatoms. The fraction of sp³-hybridized carbons (Fsp3) is 0.297. The number of ether oxygens (including phenoxy) is 1. The number of benzene rings is 4. The molecule has 1 atom stereocenters. The van der Waals surface area contributed by atoms with Crippen molar-refractivity contribution in [2.45, 2.75) is 62.5 Å². The van der Waals surface area contributed by atoms with Gasteiger partial charge in [-0.2, -0.15) is 0 Å². The lowest BCUT2D eigenvalue weighted by atomic mass is 10.0. The van der Waals surface area contributed by atoms with Gasteiger partial charge in [-0.15, -0.1) is 11.8 Å². The van der Waals surface area contributed by atoms with Crippen LogP contribution in [0.4, 0.5) is 5.69 Å². The molecule has 0 saturated heterocycles. The van der Waals surface area contributed by atoms with Crippen molar-refractivity contribution in [2.75, 3.05) is 23.7 Å². The van der Waals surface area contributed by atoms with Crippen molar-refractivity contribution in [3.05, 3.63) is 120 Å². The first-order valence-electron chi connectivity index (χ1n) is 15.6. The SMILES string of the molecule is CCOc1ccccc1N(CC(=O)N(Cc1ccc(C)cc1)[C@@H](Cc1ccccc1)C(=O)NC(C)C)S(=O)(=O)c1ccc(SC)cc1. The van der Waals surface area contributed by atoms with E-state index in [-0.39, 0.29) is 35.5 Å². The first-order valence-corrected chi connectivity index (χ1v) is 18.3. The van der Waals surface area contributed by atoms with Gasteiger partial charge in [-0.3, -0.25) is 13.9 Å². The lowest BCUT2D eigenvalue weighted by molar-refractivity contribution is -0.140.